The second kappa shape index (κ2) is 7.56. The van der Waals surface area contributed by atoms with E-state index >= 15 is 0 Å². The summed E-state index contributed by atoms with van der Waals surface area (Å²) in [7, 11) is 1.78. The summed E-state index contributed by atoms with van der Waals surface area (Å²) in [5.41, 5.74) is 1.33. The van der Waals surface area contributed by atoms with Crippen LogP contribution in [-0.4, -0.2) is 33.3 Å². The number of hydrogen-bond acceptors (Lipinski definition) is 3. The van der Waals surface area contributed by atoms with Gasteiger partial charge in [0.25, 0.3) is 5.91 Å². The summed E-state index contributed by atoms with van der Waals surface area (Å²) in [4.78, 5) is 22.1. The molecule has 0 aliphatic heterocycles. The molecule has 1 aromatic heterocycles. The SMILES string of the molecule is Cc1nn(C)cc1C(=O)NCCCCCCC(=O)O. The normalized spacial score (nSPS) is 10.4. The Morgan fingerprint density at radius 2 is 2.00 bits per heavy atom. The highest BCUT2D eigenvalue weighted by Crippen LogP contribution is 2.05. The average Bonchev–Trinajstić information content (AvgIpc) is 2.66. The lowest BCUT2D eigenvalue weighted by atomic mass is 10.1. The Balaban J connectivity index is 2.14. The number of nitrogens with one attached hydrogen (secondary N) is 1. The Kier molecular flexibility index (Phi) is 6.05. The van der Waals surface area contributed by atoms with E-state index in [-0.39, 0.29) is 12.3 Å². The Hall–Kier alpha value is -1.85. The smallest absolute Gasteiger partial charge is 0.303 e. The largest absolute Gasteiger partial charge is 0.481 e. The molecule has 0 atom stereocenters. The van der Waals surface area contributed by atoms with Gasteiger partial charge in [-0.25, -0.2) is 0 Å². The van der Waals surface area contributed by atoms with Crippen LogP contribution in [0.3, 0.4) is 0 Å². The van der Waals surface area contributed by atoms with Crippen molar-refractivity contribution in [1.82, 2.24) is 15.1 Å². The Bertz CT molecular complexity index is 440. The van der Waals surface area contributed by atoms with E-state index in [1.54, 1.807) is 24.9 Å². The number of amides is 1. The fourth-order valence-corrected chi connectivity index (χ4v) is 1.87. The molecule has 0 spiro atoms. The van der Waals surface area contributed by atoms with Crippen LogP contribution in [0.5, 0.6) is 0 Å². The van der Waals surface area contributed by atoms with E-state index in [4.69, 9.17) is 5.11 Å². The van der Waals surface area contributed by atoms with Crippen molar-refractivity contribution >= 4 is 11.9 Å². The Labute approximate surface area is 112 Å². The zero-order valence-electron chi connectivity index (χ0n) is 11.5. The molecule has 0 saturated carbocycles. The lowest BCUT2D eigenvalue weighted by Gasteiger charge is -2.04. The maximum absolute atomic E-state index is 11.8. The zero-order chi connectivity index (χ0) is 14.3. The van der Waals surface area contributed by atoms with Crippen molar-refractivity contribution < 1.29 is 14.7 Å². The maximum Gasteiger partial charge on any atom is 0.303 e. The van der Waals surface area contributed by atoms with Crippen LogP contribution in [0.1, 0.15) is 48.2 Å². The van der Waals surface area contributed by atoms with E-state index < -0.39 is 5.97 Å². The number of unbranched alkanes of at least 4 members (excludes halogenated alkanes) is 3. The minimum Gasteiger partial charge on any atom is -0.481 e. The number of carboxylic acids is 1. The van der Waals surface area contributed by atoms with Crippen LogP contribution < -0.4 is 5.32 Å². The molecule has 1 aromatic rings. The zero-order valence-corrected chi connectivity index (χ0v) is 11.5. The van der Waals surface area contributed by atoms with Gasteiger partial charge in [0.2, 0.25) is 0 Å². The quantitative estimate of drug-likeness (QED) is 0.699. The van der Waals surface area contributed by atoms with Crippen molar-refractivity contribution in [2.24, 2.45) is 7.05 Å². The third-order valence-corrected chi connectivity index (χ3v) is 2.86. The molecule has 0 aromatic carbocycles. The van der Waals surface area contributed by atoms with Crippen molar-refractivity contribution in [3.8, 4) is 0 Å². The van der Waals surface area contributed by atoms with Crippen molar-refractivity contribution in [3.63, 3.8) is 0 Å². The van der Waals surface area contributed by atoms with Crippen LogP contribution in [0.4, 0.5) is 0 Å². The summed E-state index contributed by atoms with van der Waals surface area (Å²) in [6, 6.07) is 0. The fraction of sp³-hybridized carbons (Fsp3) is 0.615. The number of hydrogen-bond donors (Lipinski definition) is 2. The lowest BCUT2D eigenvalue weighted by molar-refractivity contribution is -0.137. The van der Waals surface area contributed by atoms with Gasteiger partial charge in [-0.05, 0) is 19.8 Å². The monoisotopic (exact) mass is 267 g/mol. The van der Waals surface area contributed by atoms with Gasteiger partial charge < -0.3 is 10.4 Å². The molecule has 1 amide bonds. The molecule has 0 aliphatic carbocycles. The number of carboxylic acid groups (broad SMARTS) is 1. The first-order valence-corrected chi connectivity index (χ1v) is 6.51. The summed E-state index contributed by atoms with van der Waals surface area (Å²) in [6.45, 7) is 2.42. The number of carbonyl (C=O) groups excluding carboxylic acids is 1. The predicted molar refractivity (Wildman–Crippen MR) is 71.0 cm³/mol. The average molecular weight is 267 g/mol. The van der Waals surface area contributed by atoms with Crippen molar-refractivity contribution in [2.45, 2.75) is 39.0 Å². The Morgan fingerprint density at radius 1 is 1.32 bits per heavy atom. The molecule has 0 unspecified atom stereocenters. The van der Waals surface area contributed by atoms with E-state index in [9.17, 15) is 9.59 Å². The third-order valence-electron chi connectivity index (χ3n) is 2.86. The van der Waals surface area contributed by atoms with Crippen molar-refractivity contribution in [2.75, 3.05) is 6.54 Å². The highest BCUT2D eigenvalue weighted by Gasteiger charge is 2.11. The van der Waals surface area contributed by atoms with E-state index in [1.165, 1.54) is 0 Å². The van der Waals surface area contributed by atoms with Gasteiger partial charge in [-0.1, -0.05) is 12.8 Å². The first-order chi connectivity index (χ1) is 9.00. The summed E-state index contributed by atoms with van der Waals surface area (Å²) in [5.74, 6) is -0.850. The molecule has 0 fully saturated rings. The lowest BCUT2D eigenvalue weighted by Crippen LogP contribution is -2.24. The topological polar surface area (TPSA) is 84.2 Å². The summed E-state index contributed by atoms with van der Waals surface area (Å²) < 4.78 is 1.62. The fourth-order valence-electron chi connectivity index (χ4n) is 1.87. The predicted octanol–water partition coefficient (Wildman–Crippen LogP) is 1.49. The highest BCUT2D eigenvalue weighted by molar-refractivity contribution is 5.94. The van der Waals surface area contributed by atoms with Crippen LogP contribution >= 0.6 is 0 Å². The molecule has 0 bridgehead atoms. The second-order valence-electron chi connectivity index (χ2n) is 4.62. The molecule has 19 heavy (non-hydrogen) atoms. The standard InChI is InChI=1S/C13H21N3O3/c1-10-11(9-16(2)15-10)13(19)14-8-6-4-3-5-7-12(17)18/h9H,3-8H2,1-2H3,(H,14,19)(H,17,18). The van der Waals surface area contributed by atoms with E-state index in [0.29, 0.717) is 18.5 Å². The summed E-state index contributed by atoms with van der Waals surface area (Å²) in [5, 5.41) is 15.4. The first-order valence-electron chi connectivity index (χ1n) is 6.51. The summed E-state index contributed by atoms with van der Waals surface area (Å²) >= 11 is 0. The second-order valence-corrected chi connectivity index (χ2v) is 4.62. The summed E-state index contributed by atoms with van der Waals surface area (Å²) in [6.07, 6.45) is 5.31. The van der Waals surface area contributed by atoms with Gasteiger partial charge in [0.1, 0.15) is 0 Å². The van der Waals surface area contributed by atoms with Crippen LogP contribution in [-0.2, 0) is 11.8 Å². The number of nitrogens with zero attached hydrogens (tertiary/aromatic N) is 2. The van der Waals surface area contributed by atoms with Gasteiger partial charge in [0.05, 0.1) is 11.3 Å². The molecule has 0 aliphatic rings. The Morgan fingerprint density at radius 3 is 2.58 bits per heavy atom. The molecule has 0 radical (unpaired) electrons. The van der Waals surface area contributed by atoms with Crippen molar-refractivity contribution in [3.05, 3.63) is 17.5 Å². The number of aromatic nitrogens is 2. The molecule has 2 N–H and O–H groups in total. The number of rotatable bonds is 8. The van der Waals surface area contributed by atoms with Crippen molar-refractivity contribution in [1.29, 1.82) is 0 Å². The molecule has 1 rings (SSSR count). The third kappa shape index (κ3) is 5.54. The minimum absolute atomic E-state index is 0.101. The number of carbonyl (C=O) groups is 2. The molecular formula is C13H21N3O3. The van der Waals surface area contributed by atoms with Crippen LogP contribution in [0, 0.1) is 6.92 Å². The van der Waals surface area contributed by atoms with Gasteiger partial charge in [0.15, 0.2) is 0 Å². The van der Waals surface area contributed by atoms with E-state index in [2.05, 4.69) is 10.4 Å². The molecule has 6 nitrogen and oxygen atoms in total. The van der Waals surface area contributed by atoms with Gasteiger partial charge in [-0.2, -0.15) is 5.10 Å². The van der Waals surface area contributed by atoms with Gasteiger partial charge in [-0.3, -0.25) is 14.3 Å². The van der Waals surface area contributed by atoms with Crippen LogP contribution in [0.2, 0.25) is 0 Å². The number of aryl methyl sites for hydroxylation is 2. The minimum atomic E-state index is -0.750. The molecular weight excluding hydrogens is 246 g/mol. The van der Waals surface area contributed by atoms with Gasteiger partial charge >= 0.3 is 5.97 Å². The van der Waals surface area contributed by atoms with Gasteiger partial charge in [-0.15, -0.1) is 0 Å². The van der Waals surface area contributed by atoms with E-state index in [0.717, 1.165) is 25.0 Å². The molecule has 0 saturated heterocycles. The number of aliphatic carboxylic acids is 1. The van der Waals surface area contributed by atoms with Gasteiger partial charge in [0, 0.05) is 26.2 Å². The molecule has 106 valence electrons. The molecule has 6 heteroatoms. The first kappa shape index (κ1) is 15.2. The van der Waals surface area contributed by atoms with Crippen LogP contribution in [0.15, 0.2) is 6.20 Å². The molecule has 1 heterocycles. The van der Waals surface area contributed by atoms with E-state index in [1.807, 2.05) is 0 Å². The maximum atomic E-state index is 11.8. The highest BCUT2D eigenvalue weighted by atomic mass is 16.4. The van der Waals surface area contributed by atoms with Crippen LogP contribution in [0.25, 0.3) is 0 Å².